The van der Waals surface area contributed by atoms with Crippen LogP contribution in [-0.4, -0.2) is 41.5 Å². The summed E-state index contributed by atoms with van der Waals surface area (Å²) in [6.45, 7) is 1.03. The normalized spacial score (nSPS) is 31.5. The highest BCUT2D eigenvalue weighted by Gasteiger charge is 2.56. The Labute approximate surface area is 135 Å². The largest absolute Gasteiger partial charge is 0.469 e. The second-order valence-electron chi connectivity index (χ2n) is 5.30. The zero-order valence-electron chi connectivity index (χ0n) is 12.1. The SMILES string of the molecule is COC(=O)[C@@H]1[C@@H](c2cccc(Br)c2)[C@H]([N+](=O)[O-])CO[C@]1(C)O. The van der Waals surface area contributed by atoms with Gasteiger partial charge in [0, 0.05) is 9.40 Å². The number of aliphatic hydroxyl groups is 1. The molecule has 120 valence electrons. The minimum Gasteiger partial charge on any atom is -0.469 e. The maximum atomic E-state index is 12.1. The van der Waals surface area contributed by atoms with Gasteiger partial charge in [0.1, 0.15) is 12.5 Å². The molecule has 0 bridgehead atoms. The number of nitrogens with zero attached hydrogens (tertiary/aromatic N) is 1. The number of methoxy groups -OCH3 is 1. The number of rotatable bonds is 3. The Hall–Kier alpha value is -1.51. The van der Waals surface area contributed by atoms with E-state index in [0.717, 1.165) is 4.47 Å². The number of nitro groups is 1. The Kier molecular flexibility index (Phi) is 4.84. The number of carbonyl (C=O) groups is 1. The molecule has 0 aromatic heterocycles. The van der Waals surface area contributed by atoms with Crippen LogP contribution in [0.25, 0.3) is 0 Å². The lowest BCUT2D eigenvalue weighted by atomic mass is 9.75. The van der Waals surface area contributed by atoms with E-state index in [-0.39, 0.29) is 6.61 Å². The van der Waals surface area contributed by atoms with E-state index in [0.29, 0.717) is 5.56 Å². The predicted molar refractivity (Wildman–Crippen MR) is 79.7 cm³/mol. The second-order valence-corrected chi connectivity index (χ2v) is 6.22. The Morgan fingerprint density at radius 3 is 2.82 bits per heavy atom. The van der Waals surface area contributed by atoms with E-state index in [2.05, 4.69) is 15.9 Å². The van der Waals surface area contributed by atoms with E-state index < -0.39 is 34.6 Å². The van der Waals surface area contributed by atoms with E-state index in [1.807, 2.05) is 0 Å². The first-order valence-corrected chi connectivity index (χ1v) is 7.40. The summed E-state index contributed by atoms with van der Waals surface area (Å²) in [6.07, 6.45) is 0. The molecule has 1 aliphatic heterocycles. The molecule has 0 spiro atoms. The maximum absolute atomic E-state index is 12.1. The van der Waals surface area contributed by atoms with E-state index in [1.165, 1.54) is 14.0 Å². The van der Waals surface area contributed by atoms with Gasteiger partial charge in [-0.3, -0.25) is 14.9 Å². The lowest BCUT2D eigenvalue weighted by Crippen LogP contribution is -2.56. The van der Waals surface area contributed by atoms with Crippen molar-refractivity contribution in [3.05, 3.63) is 44.4 Å². The average molecular weight is 374 g/mol. The van der Waals surface area contributed by atoms with Crippen LogP contribution in [0.3, 0.4) is 0 Å². The Bertz CT molecular complexity index is 590. The first-order chi connectivity index (χ1) is 10.3. The molecule has 1 N–H and O–H groups in total. The molecule has 0 saturated carbocycles. The van der Waals surface area contributed by atoms with Gasteiger partial charge < -0.3 is 14.6 Å². The standard InChI is InChI=1S/C14H16BrNO6/c1-14(18)12(13(17)21-2)11(10(7-22-14)16(19)20)8-4-3-5-9(15)6-8/h3-6,10-12,18H,7H2,1-2H3/t10-,11+,12+,14+/m1/s1. The molecule has 1 aliphatic rings. The van der Waals surface area contributed by atoms with Crippen LogP contribution in [0.1, 0.15) is 18.4 Å². The number of ether oxygens (including phenoxy) is 2. The van der Waals surface area contributed by atoms with Gasteiger partial charge in [0.15, 0.2) is 5.79 Å². The highest BCUT2D eigenvalue weighted by atomic mass is 79.9. The fourth-order valence-electron chi connectivity index (χ4n) is 2.82. The highest BCUT2D eigenvalue weighted by Crippen LogP contribution is 2.42. The number of halogens is 1. The molecule has 2 rings (SSSR count). The van der Waals surface area contributed by atoms with Crippen molar-refractivity contribution < 1.29 is 24.3 Å². The molecule has 4 atom stereocenters. The van der Waals surface area contributed by atoms with E-state index >= 15 is 0 Å². The van der Waals surface area contributed by atoms with Gasteiger partial charge in [-0.2, -0.15) is 0 Å². The van der Waals surface area contributed by atoms with Gasteiger partial charge in [-0.15, -0.1) is 0 Å². The minimum atomic E-state index is -1.84. The quantitative estimate of drug-likeness (QED) is 0.491. The summed E-state index contributed by atoms with van der Waals surface area (Å²) in [6, 6.07) is 5.71. The topological polar surface area (TPSA) is 98.9 Å². The summed E-state index contributed by atoms with van der Waals surface area (Å²) in [4.78, 5) is 23.0. The lowest BCUT2D eigenvalue weighted by molar-refractivity contribution is -0.545. The third-order valence-corrected chi connectivity index (χ3v) is 4.35. The molecule has 0 amide bonds. The van der Waals surface area contributed by atoms with Crippen molar-refractivity contribution in [1.29, 1.82) is 0 Å². The molecule has 1 saturated heterocycles. The average Bonchev–Trinajstić information content (AvgIpc) is 2.45. The van der Waals surface area contributed by atoms with Crippen molar-refractivity contribution in [2.24, 2.45) is 5.92 Å². The molecule has 8 heteroatoms. The molecule has 1 aromatic rings. The zero-order chi connectivity index (χ0) is 16.5. The molecule has 0 unspecified atom stereocenters. The van der Waals surface area contributed by atoms with Gasteiger partial charge in [0.25, 0.3) is 0 Å². The van der Waals surface area contributed by atoms with Gasteiger partial charge >= 0.3 is 5.97 Å². The third kappa shape index (κ3) is 3.13. The Morgan fingerprint density at radius 2 is 2.27 bits per heavy atom. The summed E-state index contributed by atoms with van der Waals surface area (Å²) in [5.74, 6) is -4.65. The lowest BCUT2D eigenvalue weighted by Gasteiger charge is -2.41. The fourth-order valence-corrected chi connectivity index (χ4v) is 3.23. The highest BCUT2D eigenvalue weighted by molar-refractivity contribution is 9.10. The first kappa shape index (κ1) is 16.9. The molecule has 1 fully saturated rings. The van der Waals surface area contributed by atoms with Crippen molar-refractivity contribution in [3.63, 3.8) is 0 Å². The number of benzene rings is 1. The van der Waals surface area contributed by atoms with E-state index in [1.54, 1.807) is 24.3 Å². The van der Waals surface area contributed by atoms with Crippen molar-refractivity contribution in [3.8, 4) is 0 Å². The number of hydrogen-bond donors (Lipinski definition) is 1. The molecule has 0 radical (unpaired) electrons. The fraction of sp³-hybridized carbons (Fsp3) is 0.500. The van der Waals surface area contributed by atoms with Crippen LogP contribution >= 0.6 is 15.9 Å². The van der Waals surface area contributed by atoms with Crippen LogP contribution in [0.15, 0.2) is 28.7 Å². The van der Waals surface area contributed by atoms with E-state index in [9.17, 15) is 20.0 Å². The Balaban J connectivity index is 2.56. The molecule has 7 nitrogen and oxygen atoms in total. The van der Waals surface area contributed by atoms with Crippen molar-refractivity contribution >= 4 is 21.9 Å². The summed E-state index contributed by atoms with van der Waals surface area (Å²) < 4.78 is 10.6. The monoisotopic (exact) mass is 373 g/mol. The summed E-state index contributed by atoms with van der Waals surface area (Å²) in [7, 11) is 1.17. The second kappa shape index (κ2) is 6.31. The minimum absolute atomic E-state index is 0.287. The molecule has 1 heterocycles. The van der Waals surface area contributed by atoms with Crippen LogP contribution in [-0.2, 0) is 14.3 Å². The predicted octanol–water partition coefficient (Wildman–Crippen LogP) is 1.71. The van der Waals surface area contributed by atoms with Gasteiger partial charge in [-0.05, 0) is 24.6 Å². The van der Waals surface area contributed by atoms with Crippen LogP contribution in [0.5, 0.6) is 0 Å². The van der Waals surface area contributed by atoms with Gasteiger partial charge in [0.2, 0.25) is 6.04 Å². The summed E-state index contributed by atoms with van der Waals surface area (Å²) in [5.41, 5.74) is 0.565. The molecule has 1 aromatic carbocycles. The summed E-state index contributed by atoms with van der Waals surface area (Å²) >= 11 is 3.31. The maximum Gasteiger partial charge on any atom is 0.315 e. The van der Waals surface area contributed by atoms with Gasteiger partial charge in [-0.1, -0.05) is 28.1 Å². The number of esters is 1. The van der Waals surface area contributed by atoms with Crippen molar-refractivity contribution in [2.75, 3.05) is 13.7 Å². The van der Waals surface area contributed by atoms with Gasteiger partial charge in [-0.25, -0.2) is 0 Å². The van der Waals surface area contributed by atoms with E-state index in [4.69, 9.17) is 9.47 Å². The zero-order valence-corrected chi connectivity index (χ0v) is 13.6. The van der Waals surface area contributed by atoms with Crippen LogP contribution in [0.4, 0.5) is 0 Å². The molecular formula is C14H16BrNO6. The number of hydrogen-bond acceptors (Lipinski definition) is 6. The van der Waals surface area contributed by atoms with Crippen LogP contribution < -0.4 is 0 Å². The molecular weight excluding hydrogens is 358 g/mol. The smallest absolute Gasteiger partial charge is 0.315 e. The molecule has 22 heavy (non-hydrogen) atoms. The summed E-state index contributed by atoms with van der Waals surface area (Å²) in [5, 5.41) is 21.7. The van der Waals surface area contributed by atoms with Crippen molar-refractivity contribution in [2.45, 2.75) is 24.7 Å². The number of carbonyl (C=O) groups excluding carboxylic acids is 1. The van der Waals surface area contributed by atoms with Crippen LogP contribution in [0.2, 0.25) is 0 Å². The first-order valence-electron chi connectivity index (χ1n) is 6.61. The Morgan fingerprint density at radius 1 is 1.59 bits per heavy atom. The van der Waals surface area contributed by atoms with Crippen LogP contribution in [0, 0.1) is 16.0 Å². The molecule has 0 aliphatic carbocycles. The third-order valence-electron chi connectivity index (χ3n) is 3.86. The van der Waals surface area contributed by atoms with Gasteiger partial charge in [0.05, 0.1) is 13.0 Å². The van der Waals surface area contributed by atoms with Crippen molar-refractivity contribution in [1.82, 2.24) is 0 Å².